The van der Waals surface area contributed by atoms with E-state index < -0.39 is 12.1 Å². The number of hydrogen-bond donors (Lipinski definition) is 4. The van der Waals surface area contributed by atoms with Gasteiger partial charge in [0.15, 0.2) is 0 Å². The molecule has 328 valence electrons. The van der Waals surface area contributed by atoms with Gasteiger partial charge in [-0.25, -0.2) is 0 Å². The fourth-order valence-electron chi connectivity index (χ4n) is 10.3. The van der Waals surface area contributed by atoms with E-state index in [1.807, 2.05) is 110 Å². The number of allylic oxidation sites excluding steroid dienone is 2. The van der Waals surface area contributed by atoms with Gasteiger partial charge in [0.05, 0.1) is 24.2 Å². The number of amides is 2. The highest BCUT2D eigenvalue weighted by atomic mass is 16.3. The van der Waals surface area contributed by atoms with Crippen LogP contribution in [0.15, 0.2) is 95.1 Å². The lowest BCUT2D eigenvalue weighted by Crippen LogP contribution is -2.48. The predicted molar refractivity (Wildman–Crippen MR) is 238 cm³/mol. The van der Waals surface area contributed by atoms with Gasteiger partial charge in [0.1, 0.15) is 0 Å². The molecule has 4 N–H and O–H groups in total. The van der Waals surface area contributed by atoms with Crippen molar-refractivity contribution in [1.29, 1.82) is 0 Å². The molecule has 0 unspecified atom stereocenters. The molecule has 14 heteroatoms. The zero-order valence-corrected chi connectivity index (χ0v) is 36.1. The number of likely N-dealkylation sites (tertiary alicyclic amines) is 2. The Morgan fingerprint density at radius 2 is 1.10 bits per heavy atom. The highest BCUT2D eigenvalue weighted by Crippen LogP contribution is 2.51. The van der Waals surface area contributed by atoms with Gasteiger partial charge in [0.2, 0.25) is 11.8 Å². The molecule has 8 heterocycles. The van der Waals surface area contributed by atoms with E-state index in [0.29, 0.717) is 50.4 Å². The van der Waals surface area contributed by atoms with Crippen molar-refractivity contribution in [2.75, 3.05) is 26.3 Å². The molecule has 2 amide bonds. The van der Waals surface area contributed by atoms with Crippen molar-refractivity contribution in [2.45, 2.75) is 90.9 Å². The standard InChI is InChI=1S/2C24H30N4O3/c2*1-3-6-17-8-9-20-21-18(14-27(20)24(17)31)19(15-29)22(23(30)26-10-4-2)28(21)13-16-7-5-11-25-12-16/h2*3,5-9,11-12,18-19,21-22,29H,4,10,13-15H2,1-2H3,(H,26,30)/b6-3+;6-3-/t2*18-,19-,21+,22-/m11/s1. The van der Waals surface area contributed by atoms with E-state index in [2.05, 4.69) is 30.4 Å². The van der Waals surface area contributed by atoms with E-state index in [1.165, 1.54) is 0 Å². The van der Waals surface area contributed by atoms with Crippen LogP contribution >= 0.6 is 0 Å². The van der Waals surface area contributed by atoms with Crippen molar-refractivity contribution < 1.29 is 19.8 Å². The SMILES string of the molecule is C/C=C/c1ccc2n(c1=O)C[C@@H]1[C@@H](CO)[C@H](C(=O)NCCC)N(Cc3cccnc3)[C@H]21.C/C=C\c1ccc2n(c1=O)C[C@@H]1[C@@H](CO)[C@H](C(=O)NCCC)N(Cc3cccnc3)[C@H]21. The van der Waals surface area contributed by atoms with Crippen molar-refractivity contribution >= 4 is 24.0 Å². The van der Waals surface area contributed by atoms with Crippen molar-refractivity contribution in [1.82, 2.24) is 39.5 Å². The van der Waals surface area contributed by atoms with Crippen LogP contribution in [0.1, 0.15) is 86.3 Å². The fraction of sp³-hybridized carbons (Fsp3) is 0.458. The van der Waals surface area contributed by atoms with Crippen molar-refractivity contribution in [3.05, 3.63) is 140 Å². The maximum Gasteiger partial charge on any atom is 0.258 e. The number of aromatic nitrogens is 4. The molecule has 8 rings (SSSR count). The lowest BCUT2D eigenvalue weighted by Gasteiger charge is -2.30. The molecule has 14 nitrogen and oxygen atoms in total. The summed E-state index contributed by atoms with van der Waals surface area (Å²) in [5.74, 6) is -0.622. The lowest BCUT2D eigenvalue weighted by molar-refractivity contribution is -0.128. The highest BCUT2D eigenvalue weighted by Gasteiger charge is 2.56. The summed E-state index contributed by atoms with van der Waals surface area (Å²) in [5.41, 5.74) is 5.10. The zero-order chi connectivity index (χ0) is 43.9. The Morgan fingerprint density at radius 1 is 0.677 bits per heavy atom. The predicted octanol–water partition coefficient (Wildman–Crippen LogP) is 3.93. The van der Waals surface area contributed by atoms with Crippen LogP contribution in [0.2, 0.25) is 0 Å². The van der Waals surface area contributed by atoms with Crippen molar-refractivity contribution in [3.8, 4) is 0 Å². The molecule has 0 aromatic carbocycles. The first-order valence-corrected chi connectivity index (χ1v) is 22.0. The Labute approximate surface area is 363 Å². The molecule has 4 aliphatic heterocycles. The van der Waals surface area contributed by atoms with Crippen LogP contribution in [0.25, 0.3) is 12.2 Å². The van der Waals surface area contributed by atoms with Crippen LogP contribution in [0, 0.1) is 23.7 Å². The number of rotatable bonds is 14. The lowest BCUT2D eigenvalue weighted by atomic mass is 9.88. The number of nitrogens with one attached hydrogen (secondary N) is 2. The maximum atomic E-state index is 13.2. The van der Waals surface area contributed by atoms with Gasteiger partial charge in [-0.2, -0.15) is 0 Å². The molecule has 0 spiro atoms. The number of carbonyl (C=O) groups excluding carboxylic acids is 2. The summed E-state index contributed by atoms with van der Waals surface area (Å²) in [7, 11) is 0. The summed E-state index contributed by atoms with van der Waals surface area (Å²) < 4.78 is 3.65. The number of aliphatic hydroxyl groups is 2. The van der Waals surface area contributed by atoms with Gasteiger partial charge >= 0.3 is 0 Å². The maximum absolute atomic E-state index is 13.2. The van der Waals surface area contributed by atoms with E-state index >= 15 is 0 Å². The average molecular weight is 845 g/mol. The van der Waals surface area contributed by atoms with E-state index in [4.69, 9.17) is 0 Å². The van der Waals surface area contributed by atoms with Gasteiger partial charge in [0.25, 0.3) is 11.1 Å². The van der Waals surface area contributed by atoms with Crippen molar-refractivity contribution in [2.24, 2.45) is 23.7 Å². The van der Waals surface area contributed by atoms with Gasteiger partial charge < -0.3 is 30.0 Å². The molecule has 2 fully saturated rings. The van der Waals surface area contributed by atoms with Crippen LogP contribution in [0.5, 0.6) is 0 Å². The highest BCUT2D eigenvalue weighted by molar-refractivity contribution is 5.83. The molecule has 4 aliphatic rings. The first-order valence-electron chi connectivity index (χ1n) is 22.0. The van der Waals surface area contributed by atoms with E-state index in [9.17, 15) is 29.4 Å². The molecule has 2 saturated heterocycles. The van der Waals surface area contributed by atoms with Gasteiger partial charge in [-0.15, -0.1) is 0 Å². The summed E-state index contributed by atoms with van der Waals surface area (Å²) >= 11 is 0. The van der Waals surface area contributed by atoms with Crippen LogP contribution < -0.4 is 21.8 Å². The molecular weight excluding hydrogens is 785 g/mol. The fourth-order valence-corrected chi connectivity index (χ4v) is 10.3. The first kappa shape index (κ1) is 44.5. The molecule has 8 atom stereocenters. The Balaban J connectivity index is 0.000000186. The summed E-state index contributed by atoms with van der Waals surface area (Å²) in [6.07, 6.45) is 16.1. The first-order chi connectivity index (χ1) is 30.2. The Hall–Kier alpha value is -5.54. The topological polar surface area (TPSA) is 175 Å². The third kappa shape index (κ3) is 8.61. The van der Waals surface area contributed by atoms with E-state index in [0.717, 1.165) is 35.4 Å². The summed E-state index contributed by atoms with van der Waals surface area (Å²) in [6.45, 7) is 10.9. The van der Waals surface area contributed by atoms with Crippen molar-refractivity contribution in [3.63, 3.8) is 0 Å². The Morgan fingerprint density at radius 3 is 1.44 bits per heavy atom. The minimum atomic E-state index is -0.453. The zero-order valence-electron chi connectivity index (χ0n) is 36.1. The minimum absolute atomic E-state index is 0.00685. The number of pyridine rings is 4. The third-order valence-corrected chi connectivity index (χ3v) is 12.9. The van der Waals surface area contributed by atoms with E-state index in [-0.39, 0.29) is 71.9 Å². The van der Waals surface area contributed by atoms with E-state index in [1.54, 1.807) is 24.8 Å². The molecule has 4 aromatic rings. The second-order valence-electron chi connectivity index (χ2n) is 16.7. The van der Waals surface area contributed by atoms with Crippen LogP contribution in [-0.2, 0) is 35.8 Å². The molecule has 0 bridgehead atoms. The van der Waals surface area contributed by atoms with Gasteiger partial charge in [0, 0.05) is 123 Å². The summed E-state index contributed by atoms with van der Waals surface area (Å²) in [6, 6.07) is 14.3. The quantitative estimate of drug-likeness (QED) is 0.146. The molecule has 0 aliphatic carbocycles. The minimum Gasteiger partial charge on any atom is -0.396 e. The number of carbonyl (C=O) groups is 2. The van der Waals surface area contributed by atoms with Crippen LogP contribution in [0.4, 0.5) is 0 Å². The molecule has 0 saturated carbocycles. The number of nitrogens with zero attached hydrogens (tertiary/aromatic N) is 6. The molecule has 62 heavy (non-hydrogen) atoms. The Kier molecular flexibility index (Phi) is 14.4. The monoisotopic (exact) mass is 844 g/mol. The van der Waals surface area contributed by atoms with Gasteiger partial charge in [-0.1, -0.05) is 50.3 Å². The summed E-state index contributed by atoms with van der Waals surface area (Å²) in [4.78, 5) is 65.2. The van der Waals surface area contributed by atoms with Gasteiger partial charge in [-0.05, 0) is 74.2 Å². The number of hydrogen-bond acceptors (Lipinski definition) is 10. The Bertz CT molecular complexity index is 2200. The number of fused-ring (bicyclic) bond motifs is 6. The van der Waals surface area contributed by atoms with Gasteiger partial charge in [-0.3, -0.25) is 38.9 Å². The smallest absolute Gasteiger partial charge is 0.258 e. The normalized spacial score (nSPS) is 25.0. The van der Waals surface area contributed by atoms with Crippen LogP contribution in [0.3, 0.4) is 0 Å². The second-order valence-corrected chi connectivity index (χ2v) is 16.7. The number of aliphatic hydroxyl groups excluding tert-OH is 2. The largest absolute Gasteiger partial charge is 0.396 e. The second kappa shape index (κ2) is 20.1. The third-order valence-electron chi connectivity index (χ3n) is 12.9. The summed E-state index contributed by atoms with van der Waals surface area (Å²) in [5, 5.41) is 26.7. The van der Waals surface area contributed by atoms with Crippen LogP contribution in [-0.4, -0.2) is 89.3 Å². The molecule has 0 radical (unpaired) electrons. The molecular formula is C48H60N8O6. The molecule has 4 aromatic heterocycles. The average Bonchev–Trinajstić information content (AvgIpc) is 4.02.